The molecule has 108 valence electrons. The molecule has 0 saturated carbocycles. The molecule has 0 spiro atoms. The van der Waals surface area contributed by atoms with E-state index in [1.54, 1.807) is 0 Å². The summed E-state index contributed by atoms with van der Waals surface area (Å²) in [6.07, 6.45) is 0. The first-order chi connectivity index (χ1) is 9.94. The highest BCUT2D eigenvalue weighted by Gasteiger charge is 2.15. The van der Waals surface area contributed by atoms with Gasteiger partial charge in [0.2, 0.25) is 0 Å². The van der Waals surface area contributed by atoms with Gasteiger partial charge in [-0.3, -0.25) is 4.57 Å². The fourth-order valence-corrected chi connectivity index (χ4v) is 2.61. The number of hydrogen-bond acceptors (Lipinski definition) is 1. The van der Waals surface area contributed by atoms with E-state index in [1.165, 1.54) is 0 Å². The van der Waals surface area contributed by atoms with Crippen LogP contribution in [0.3, 0.4) is 0 Å². The lowest BCUT2D eigenvalue weighted by Crippen LogP contribution is -2.24. The minimum Gasteiger partial charge on any atom is -0.306 e. The Morgan fingerprint density at radius 2 is 1.71 bits per heavy atom. The molecule has 3 nitrogen and oxygen atoms in total. The lowest BCUT2D eigenvalue weighted by atomic mass is 9.97. The van der Waals surface area contributed by atoms with Gasteiger partial charge in [0.25, 0.3) is 0 Å². The zero-order valence-corrected chi connectivity index (χ0v) is 12.7. The van der Waals surface area contributed by atoms with Crippen molar-refractivity contribution >= 4 is 11.0 Å². The summed E-state index contributed by atoms with van der Waals surface area (Å²) in [4.78, 5) is 15.1. The van der Waals surface area contributed by atoms with Crippen molar-refractivity contribution in [1.29, 1.82) is 0 Å². The predicted octanol–water partition coefficient (Wildman–Crippen LogP) is 4.04. The molecule has 0 radical (unpaired) electrons. The Labute approximate surface area is 124 Å². The van der Waals surface area contributed by atoms with Crippen molar-refractivity contribution in [2.45, 2.75) is 27.3 Å². The average molecular weight is 280 g/mol. The molecular formula is C18H20N2O. The maximum Gasteiger partial charge on any atom is 0.326 e. The number of aromatic amines is 1. The highest BCUT2D eigenvalue weighted by Crippen LogP contribution is 2.24. The van der Waals surface area contributed by atoms with Crippen LogP contribution >= 0.6 is 0 Å². The monoisotopic (exact) mass is 280 g/mol. The van der Waals surface area contributed by atoms with Gasteiger partial charge in [-0.1, -0.05) is 57.2 Å². The largest absolute Gasteiger partial charge is 0.326 e. The Morgan fingerprint density at radius 1 is 1.00 bits per heavy atom. The van der Waals surface area contributed by atoms with Gasteiger partial charge in [0, 0.05) is 6.54 Å². The van der Waals surface area contributed by atoms with E-state index in [9.17, 15) is 4.79 Å². The molecule has 0 aliphatic carbocycles. The topological polar surface area (TPSA) is 37.8 Å². The molecule has 3 heteroatoms. The molecule has 0 unspecified atom stereocenters. The molecule has 0 fully saturated rings. The highest BCUT2D eigenvalue weighted by molar-refractivity contribution is 5.82. The molecule has 0 amide bonds. The first-order valence-corrected chi connectivity index (χ1v) is 7.22. The van der Waals surface area contributed by atoms with Gasteiger partial charge in [-0.05, 0) is 28.7 Å². The van der Waals surface area contributed by atoms with E-state index < -0.39 is 0 Å². The minimum atomic E-state index is -0.0369. The molecule has 0 atom stereocenters. The van der Waals surface area contributed by atoms with Gasteiger partial charge in [0.05, 0.1) is 11.0 Å². The summed E-state index contributed by atoms with van der Waals surface area (Å²) < 4.78 is 1.82. The number of benzene rings is 2. The fraction of sp³-hybridized carbons (Fsp3) is 0.278. The number of fused-ring (bicyclic) bond motifs is 1. The van der Waals surface area contributed by atoms with Crippen LogP contribution in [0.25, 0.3) is 22.2 Å². The van der Waals surface area contributed by atoms with Crippen molar-refractivity contribution in [1.82, 2.24) is 9.55 Å². The molecule has 2 aromatic carbocycles. The van der Waals surface area contributed by atoms with Crippen molar-refractivity contribution in [3.8, 4) is 11.1 Å². The van der Waals surface area contributed by atoms with E-state index >= 15 is 0 Å². The van der Waals surface area contributed by atoms with Crippen LogP contribution in [0.4, 0.5) is 0 Å². The van der Waals surface area contributed by atoms with E-state index in [0.717, 1.165) is 22.2 Å². The lowest BCUT2D eigenvalue weighted by Gasteiger charge is -2.18. The molecule has 0 aliphatic rings. The van der Waals surface area contributed by atoms with Gasteiger partial charge in [0.15, 0.2) is 0 Å². The van der Waals surface area contributed by atoms with Crippen LogP contribution in [0.15, 0.2) is 53.3 Å². The van der Waals surface area contributed by atoms with Gasteiger partial charge in [0.1, 0.15) is 0 Å². The molecular weight excluding hydrogens is 260 g/mol. The Morgan fingerprint density at radius 3 is 2.38 bits per heavy atom. The summed E-state index contributed by atoms with van der Waals surface area (Å²) in [6, 6.07) is 16.3. The molecule has 21 heavy (non-hydrogen) atoms. The number of nitrogens with one attached hydrogen (secondary N) is 1. The third-order valence-corrected chi connectivity index (χ3v) is 3.51. The zero-order valence-electron chi connectivity index (χ0n) is 12.7. The summed E-state index contributed by atoms with van der Waals surface area (Å²) in [5, 5.41) is 0. The second-order valence-electron chi connectivity index (χ2n) is 6.67. The third kappa shape index (κ3) is 2.77. The van der Waals surface area contributed by atoms with Crippen molar-refractivity contribution in [2.75, 3.05) is 0 Å². The number of rotatable bonds is 2. The molecule has 3 rings (SSSR count). The second-order valence-corrected chi connectivity index (χ2v) is 6.67. The SMILES string of the molecule is CC(C)(C)Cn1c(=O)[nH]c2cc(-c3ccccc3)ccc21. The first-order valence-electron chi connectivity index (χ1n) is 7.22. The van der Waals surface area contributed by atoms with Crippen LogP contribution in [0.1, 0.15) is 20.8 Å². The van der Waals surface area contributed by atoms with Gasteiger partial charge in [-0.25, -0.2) is 4.79 Å². The summed E-state index contributed by atoms with van der Waals surface area (Å²) in [5.41, 5.74) is 4.17. The Balaban J connectivity index is 2.11. The van der Waals surface area contributed by atoms with Crippen LogP contribution in [-0.2, 0) is 6.54 Å². The van der Waals surface area contributed by atoms with E-state index in [1.807, 2.05) is 34.9 Å². The predicted molar refractivity (Wildman–Crippen MR) is 87.4 cm³/mol. The van der Waals surface area contributed by atoms with Crippen LogP contribution < -0.4 is 5.69 Å². The summed E-state index contributed by atoms with van der Waals surface area (Å²) in [7, 11) is 0. The van der Waals surface area contributed by atoms with Crippen molar-refractivity contribution in [3.05, 3.63) is 59.0 Å². The number of H-pyrrole nitrogens is 1. The minimum absolute atomic E-state index is 0.0369. The van der Waals surface area contributed by atoms with Crippen LogP contribution in [0.5, 0.6) is 0 Å². The van der Waals surface area contributed by atoms with Crippen molar-refractivity contribution in [3.63, 3.8) is 0 Å². The van der Waals surface area contributed by atoms with Crippen LogP contribution in [0.2, 0.25) is 0 Å². The van der Waals surface area contributed by atoms with E-state index in [0.29, 0.717) is 6.54 Å². The van der Waals surface area contributed by atoms with Gasteiger partial charge in [-0.15, -0.1) is 0 Å². The molecule has 0 saturated heterocycles. The first kappa shape index (κ1) is 13.7. The summed E-state index contributed by atoms with van der Waals surface area (Å²) in [5.74, 6) is 0. The van der Waals surface area contributed by atoms with E-state index in [-0.39, 0.29) is 11.1 Å². The molecule has 1 heterocycles. The quantitative estimate of drug-likeness (QED) is 0.755. The molecule has 0 bridgehead atoms. The Bertz CT molecular complexity index is 820. The van der Waals surface area contributed by atoms with Gasteiger partial charge in [-0.2, -0.15) is 0 Å². The van der Waals surface area contributed by atoms with E-state index in [2.05, 4.69) is 44.0 Å². The van der Waals surface area contributed by atoms with E-state index in [4.69, 9.17) is 0 Å². The fourth-order valence-electron chi connectivity index (χ4n) is 2.61. The number of hydrogen-bond donors (Lipinski definition) is 1. The molecule has 3 aromatic rings. The van der Waals surface area contributed by atoms with Crippen molar-refractivity contribution < 1.29 is 0 Å². The molecule has 1 N–H and O–H groups in total. The molecule has 1 aromatic heterocycles. The smallest absolute Gasteiger partial charge is 0.306 e. The number of nitrogens with zero attached hydrogens (tertiary/aromatic N) is 1. The maximum absolute atomic E-state index is 12.2. The van der Waals surface area contributed by atoms with Crippen molar-refractivity contribution in [2.24, 2.45) is 5.41 Å². The molecule has 0 aliphatic heterocycles. The highest BCUT2D eigenvalue weighted by atomic mass is 16.1. The zero-order chi connectivity index (χ0) is 15.0. The summed E-state index contributed by atoms with van der Waals surface area (Å²) >= 11 is 0. The van der Waals surface area contributed by atoms with Crippen LogP contribution in [0, 0.1) is 5.41 Å². The summed E-state index contributed by atoms with van der Waals surface area (Å²) in [6.45, 7) is 7.11. The third-order valence-electron chi connectivity index (χ3n) is 3.51. The van der Waals surface area contributed by atoms with Gasteiger partial charge < -0.3 is 4.98 Å². The van der Waals surface area contributed by atoms with Crippen LogP contribution in [-0.4, -0.2) is 9.55 Å². The standard InChI is InChI=1S/C18H20N2O/c1-18(2,3)12-20-16-10-9-14(11-15(16)19-17(20)21)13-7-5-4-6-8-13/h4-11H,12H2,1-3H3,(H,19,21). The maximum atomic E-state index is 12.2. The Hall–Kier alpha value is -2.29. The average Bonchev–Trinajstić information content (AvgIpc) is 2.74. The second kappa shape index (κ2) is 4.92. The number of imidazole rings is 1. The Kier molecular flexibility index (Phi) is 3.20. The van der Waals surface area contributed by atoms with Gasteiger partial charge >= 0.3 is 5.69 Å². The normalized spacial score (nSPS) is 12.0. The number of aromatic nitrogens is 2. The lowest BCUT2D eigenvalue weighted by molar-refractivity contribution is 0.344.